The van der Waals surface area contributed by atoms with Crippen LogP contribution in [0.5, 0.6) is 5.75 Å². The Morgan fingerprint density at radius 1 is 1.04 bits per heavy atom. The van der Waals surface area contributed by atoms with Crippen molar-refractivity contribution in [2.75, 3.05) is 40.1 Å². The molecular weight excluding hydrogens is 580 g/mol. The summed E-state index contributed by atoms with van der Waals surface area (Å²) in [6.07, 6.45) is -1.40. The summed E-state index contributed by atoms with van der Waals surface area (Å²) in [7, 11) is 6.79. The number of Topliss-reactive ketones (excluding diaryl/α,β-unsaturated/α-hetero) is 2. The largest absolute Gasteiger partial charge is 0.507 e. The second-order valence-corrected chi connectivity index (χ2v) is 12.4. The molecule has 0 aromatic heterocycles. The molecule has 2 aromatic carbocycles. The number of fused-ring (bicyclic) bond motifs is 3. The average Bonchev–Trinajstić information content (AvgIpc) is 2.94. The Bertz CT molecular complexity index is 1690. The molecule has 12 nitrogen and oxygen atoms in total. The number of aliphatic hydroxyl groups is 3. The Hall–Kier alpha value is -4.54. The lowest BCUT2D eigenvalue weighted by Gasteiger charge is -2.53. The van der Waals surface area contributed by atoms with E-state index >= 15 is 0 Å². The third-order valence-corrected chi connectivity index (χ3v) is 8.94. The van der Waals surface area contributed by atoms with Crippen LogP contribution < -0.4 is 11.1 Å². The number of aliphatic hydroxyl groups excluding tert-OH is 2. The molecule has 2 amide bonds. The molecule has 2 unspecified atom stereocenters. The minimum atomic E-state index is -2.71. The predicted octanol–water partition coefficient (Wildman–Crippen LogP) is 0.0289. The third kappa shape index (κ3) is 5.38. The molecule has 6 atom stereocenters. The maximum Gasteiger partial charge on any atom is 0.238 e. The van der Waals surface area contributed by atoms with Crippen LogP contribution in [0.1, 0.15) is 28.7 Å². The minimum Gasteiger partial charge on any atom is -0.507 e. The zero-order valence-electron chi connectivity index (χ0n) is 25.4. The molecule has 2 fully saturated rings. The van der Waals surface area contributed by atoms with Crippen LogP contribution in [0.15, 0.2) is 42.0 Å². The van der Waals surface area contributed by atoms with E-state index in [1.54, 1.807) is 68.3 Å². The van der Waals surface area contributed by atoms with Gasteiger partial charge in [0.25, 0.3) is 0 Å². The molecule has 7 N–H and O–H groups in total. The highest BCUT2D eigenvalue weighted by Gasteiger charge is 2.67. The van der Waals surface area contributed by atoms with Crippen LogP contribution >= 0.6 is 0 Å². The Morgan fingerprint density at radius 2 is 1.71 bits per heavy atom. The highest BCUT2D eigenvalue weighted by molar-refractivity contribution is 6.25. The zero-order valence-corrected chi connectivity index (χ0v) is 25.4. The fourth-order valence-electron chi connectivity index (χ4n) is 6.99. The van der Waals surface area contributed by atoms with E-state index in [0.717, 1.165) is 0 Å². The number of phenols is 1. The number of nitrogens with two attached hydrogens (primary N) is 1. The molecule has 12 heteroatoms. The Labute approximate surface area is 260 Å². The van der Waals surface area contributed by atoms with Gasteiger partial charge in [-0.15, -0.1) is 0 Å². The Kier molecular flexibility index (Phi) is 8.33. The van der Waals surface area contributed by atoms with E-state index in [9.17, 15) is 39.6 Å². The van der Waals surface area contributed by atoms with E-state index < -0.39 is 58.7 Å². The zero-order chi connectivity index (χ0) is 33.0. The molecule has 5 rings (SSSR count). The molecule has 0 radical (unpaired) electrons. The molecule has 0 aliphatic heterocycles. The van der Waals surface area contributed by atoms with Crippen molar-refractivity contribution in [1.82, 2.24) is 9.80 Å². The number of aromatic hydroxyl groups is 1. The van der Waals surface area contributed by atoms with Gasteiger partial charge in [-0.25, -0.2) is 0 Å². The number of benzene rings is 2. The van der Waals surface area contributed by atoms with Gasteiger partial charge in [0.2, 0.25) is 17.6 Å². The number of amides is 2. The van der Waals surface area contributed by atoms with Crippen molar-refractivity contribution in [2.24, 2.45) is 23.5 Å². The average molecular weight is 617 g/mol. The first-order chi connectivity index (χ1) is 21.2. The SMILES string of the molecule is CN(C)CC(=O)Nc1ccc(C#Cc2ccc(O)c3c2C[C@@H]2C[C@@H]4[C@@H](N(C)C)C(O)C(C(N)=O)C(=O)[C@]4(O)C(=O)C2=C3O)cc1. The van der Waals surface area contributed by atoms with Gasteiger partial charge < -0.3 is 41.3 Å². The van der Waals surface area contributed by atoms with Crippen LogP contribution in [-0.2, 0) is 25.6 Å². The summed E-state index contributed by atoms with van der Waals surface area (Å²) in [5, 5.41) is 47.7. The summed E-state index contributed by atoms with van der Waals surface area (Å²) in [6, 6.07) is 8.90. The molecule has 45 heavy (non-hydrogen) atoms. The van der Waals surface area contributed by atoms with E-state index in [0.29, 0.717) is 22.4 Å². The molecule has 0 saturated heterocycles. The van der Waals surface area contributed by atoms with Crippen molar-refractivity contribution in [3.63, 3.8) is 0 Å². The van der Waals surface area contributed by atoms with Gasteiger partial charge in [-0.3, -0.25) is 19.2 Å². The van der Waals surface area contributed by atoms with Crippen molar-refractivity contribution in [3.8, 4) is 17.6 Å². The lowest BCUT2D eigenvalue weighted by Crippen LogP contribution is -2.73. The number of likely N-dealkylation sites (N-methyl/N-ethyl adjacent to an activating group) is 2. The van der Waals surface area contributed by atoms with Crippen molar-refractivity contribution in [2.45, 2.75) is 30.6 Å². The highest BCUT2D eigenvalue weighted by atomic mass is 16.3. The van der Waals surface area contributed by atoms with Gasteiger partial charge in [-0.05, 0) is 88.9 Å². The number of hydrogen-bond donors (Lipinski definition) is 6. The van der Waals surface area contributed by atoms with E-state index in [2.05, 4.69) is 17.2 Å². The first-order valence-corrected chi connectivity index (χ1v) is 14.5. The maximum absolute atomic E-state index is 14.0. The van der Waals surface area contributed by atoms with Crippen LogP contribution in [0.4, 0.5) is 5.69 Å². The second-order valence-electron chi connectivity index (χ2n) is 12.4. The molecule has 3 aliphatic rings. The summed E-state index contributed by atoms with van der Waals surface area (Å²) in [5.41, 5.74) is 4.69. The lowest BCUT2D eigenvalue weighted by molar-refractivity contribution is -0.184. The first-order valence-electron chi connectivity index (χ1n) is 14.5. The number of rotatable bonds is 5. The van der Waals surface area contributed by atoms with Crippen LogP contribution in [0.2, 0.25) is 0 Å². The number of nitrogens with zero attached hydrogens (tertiary/aromatic N) is 2. The number of phenolic OH excluding ortho intramolecular Hbond substituents is 1. The van der Waals surface area contributed by atoms with Gasteiger partial charge in [-0.1, -0.05) is 11.8 Å². The van der Waals surface area contributed by atoms with E-state index in [4.69, 9.17) is 5.73 Å². The molecule has 0 bridgehead atoms. The summed E-state index contributed by atoms with van der Waals surface area (Å²) in [5.74, 6) is -1.97. The summed E-state index contributed by atoms with van der Waals surface area (Å²) < 4.78 is 0. The smallest absolute Gasteiger partial charge is 0.238 e. The standard InChI is InChI=1S/C33H36N4O8/c1-36(2)15-23(39)35-19-10-6-16(7-11-19)5-8-17-9-12-22(38)25-20(17)13-18-14-21-27(37(3)4)29(41)26(32(34)44)31(43)33(21,45)30(42)24(18)28(25)40/h6-7,9-12,18,21,26-27,29,38,40-41,45H,13-15H2,1-4H3,(H2,34,44)(H,35,39)/t18-,21-,26?,27-,29?,33-/m1/s1. The van der Waals surface area contributed by atoms with E-state index in [1.165, 1.54) is 6.07 Å². The van der Waals surface area contributed by atoms with Gasteiger partial charge in [0.15, 0.2) is 11.4 Å². The van der Waals surface area contributed by atoms with E-state index in [-0.39, 0.29) is 42.2 Å². The minimum absolute atomic E-state index is 0.0156. The van der Waals surface area contributed by atoms with Gasteiger partial charge in [0, 0.05) is 34.3 Å². The van der Waals surface area contributed by atoms with Crippen molar-refractivity contribution in [3.05, 3.63) is 64.2 Å². The quantitative estimate of drug-likeness (QED) is 0.197. The topological polar surface area (TPSA) is 194 Å². The molecule has 0 spiro atoms. The Morgan fingerprint density at radius 3 is 2.31 bits per heavy atom. The highest BCUT2D eigenvalue weighted by Crippen LogP contribution is 2.52. The molecule has 0 heterocycles. The van der Waals surface area contributed by atoms with Crippen LogP contribution in [-0.4, -0.2) is 106 Å². The molecule has 2 aromatic rings. The van der Waals surface area contributed by atoms with Crippen LogP contribution in [0, 0.1) is 29.6 Å². The van der Waals surface area contributed by atoms with Gasteiger partial charge in [0.1, 0.15) is 17.4 Å². The molecule has 2 saturated carbocycles. The monoisotopic (exact) mass is 616 g/mol. The van der Waals surface area contributed by atoms with Gasteiger partial charge >= 0.3 is 0 Å². The molecule has 236 valence electrons. The number of carbonyl (C=O) groups excluding carboxylic acids is 4. The number of carbonyl (C=O) groups is 4. The number of anilines is 1. The van der Waals surface area contributed by atoms with Crippen molar-refractivity contribution in [1.29, 1.82) is 0 Å². The van der Waals surface area contributed by atoms with Crippen LogP contribution in [0.25, 0.3) is 5.76 Å². The number of ketones is 2. The van der Waals surface area contributed by atoms with Gasteiger partial charge in [0.05, 0.1) is 18.2 Å². The summed E-state index contributed by atoms with van der Waals surface area (Å²) >= 11 is 0. The summed E-state index contributed by atoms with van der Waals surface area (Å²) in [4.78, 5) is 54.9. The predicted molar refractivity (Wildman–Crippen MR) is 164 cm³/mol. The number of nitrogens with one attached hydrogen (secondary N) is 1. The molecular formula is C33H36N4O8. The van der Waals surface area contributed by atoms with E-state index in [1.807, 2.05) is 0 Å². The normalized spacial score (nSPS) is 27.3. The number of hydrogen-bond acceptors (Lipinski definition) is 10. The number of primary amides is 1. The molecule has 3 aliphatic carbocycles. The van der Waals surface area contributed by atoms with Crippen molar-refractivity contribution < 1.29 is 39.6 Å². The van der Waals surface area contributed by atoms with Gasteiger partial charge in [-0.2, -0.15) is 0 Å². The third-order valence-electron chi connectivity index (χ3n) is 8.94. The maximum atomic E-state index is 14.0. The fourth-order valence-corrected chi connectivity index (χ4v) is 6.99. The van der Waals surface area contributed by atoms with Crippen molar-refractivity contribution >= 4 is 34.8 Å². The van der Waals surface area contributed by atoms with Crippen LogP contribution in [0.3, 0.4) is 0 Å². The fraction of sp³-hybridized carbons (Fsp3) is 0.394. The lowest BCUT2D eigenvalue weighted by atomic mass is 9.54. The summed E-state index contributed by atoms with van der Waals surface area (Å²) in [6.45, 7) is 0.240. The second kappa shape index (κ2) is 11.8. The first kappa shape index (κ1) is 31.9. The Balaban J connectivity index is 1.52.